The van der Waals surface area contributed by atoms with E-state index in [4.69, 9.17) is 4.74 Å². The van der Waals surface area contributed by atoms with Crippen LogP contribution in [-0.2, 0) is 4.74 Å². The highest BCUT2D eigenvalue weighted by molar-refractivity contribution is 6.07. The van der Waals surface area contributed by atoms with Crippen LogP contribution >= 0.6 is 0 Å². The molecule has 0 aliphatic carbocycles. The summed E-state index contributed by atoms with van der Waals surface area (Å²) >= 11 is 0. The summed E-state index contributed by atoms with van der Waals surface area (Å²) in [5.41, 5.74) is 1.12. The normalized spacial score (nSPS) is 10.1. The second-order valence-electron chi connectivity index (χ2n) is 5.20. The molecule has 0 saturated heterocycles. The number of nitrogens with one attached hydrogen (secondary N) is 2. The standard InChI is InChI=1S/C18H21N3O3/c1-3-4-11-19-16-10-9-13(12-20-16)17(22)21-15-8-6-5-7-14(15)18(23)24-2/h5-10,12H,3-4,11H2,1-2H3,(H,19,20)(H,21,22). The Bertz CT molecular complexity index is 699. The maximum Gasteiger partial charge on any atom is 0.339 e. The number of nitrogens with zero attached hydrogens (tertiary/aromatic N) is 1. The van der Waals surface area contributed by atoms with Gasteiger partial charge in [-0.25, -0.2) is 9.78 Å². The first-order chi connectivity index (χ1) is 11.7. The van der Waals surface area contributed by atoms with Crippen LogP contribution in [0.3, 0.4) is 0 Å². The number of benzene rings is 1. The lowest BCUT2D eigenvalue weighted by atomic mass is 10.1. The Hall–Kier alpha value is -2.89. The topological polar surface area (TPSA) is 80.3 Å². The fourth-order valence-electron chi connectivity index (χ4n) is 2.10. The highest BCUT2D eigenvalue weighted by Crippen LogP contribution is 2.17. The quantitative estimate of drug-likeness (QED) is 0.602. The van der Waals surface area contributed by atoms with Gasteiger partial charge in [0, 0.05) is 12.7 Å². The molecule has 24 heavy (non-hydrogen) atoms. The Morgan fingerprint density at radius 2 is 1.96 bits per heavy atom. The van der Waals surface area contributed by atoms with Gasteiger partial charge in [-0.3, -0.25) is 4.79 Å². The number of carbonyl (C=O) groups is 2. The zero-order valence-electron chi connectivity index (χ0n) is 13.8. The summed E-state index contributed by atoms with van der Waals surface area (Å²) in [6, 6.07) is 10.1. The molecule has 0 bridgehead atoms. The summed E-state index contributed by atoms with van der Waals surface area (Å²) in [5.74, 6) is -0.103. The minimum atomic E-state index is -0.500. The summed E-state index contributed by atoms with van der Waals surface area (Å²) in [4.78, 5) is 28.3. The van der Waals surface area contributed by atoms with Crippen molar-refractivity contribution < 1.29 is 14.3 Å². The maximum absolute atomic E-state index is 12.3. The summed E-state index contributed by atoms with van der Waals surface area (Å²) < 4.78 is 4.72. The van der Waals surface area contributed by atoms with Crippen molar-refractivity contribution in [2.75, 3.05) is 24.3 Å². The van der Waals surface area contributed by atoms with Gasteiger partial charge in [-0.2, -0.15) is 0 Å². The molecule has 0 saturated carbocycles. The van der Waals surface area contributed by atoms with E-state index >= 15 is 0 Å². The highest BCUT2D eigenvalue weighted by Gasteiger charge is 2.14. The molecule has 0 fully saturated rings. The Labute approximate surface area is 141 Å². The van der Waals surface area contributed by atoms with Crippen LogP contribution in [0, 0.1) is 0 Å². The van der Waals surface area contributed by atoms with Gasteiger partial charge < -0.3 is 15.4 Å². The van der Waals surface area contributed by atoms with E-state index in [9.17, 15) is 9.59 Å². The fourth-order valence-corrected chi connectivity index (χ4v) is 2.10. The van der Waals surface area contributed by atoms with E-state index < -0.39 is 5.97 Å². The van der Waals surface area contributed by atoms with E-state index in [-0.39, 0.29) is 5.91 Å². The molecule has 0 unspecified atom stereocenters. The number of hydrogen-bond donors (Lipinski definition) is 2. The van der Waals surface area contributed by atoms with E-state index in [2.05, 4.69) is 22.5 Å². The molecule has 6 heteroatoms. The second-order valence-corrected chi connectivity index (χ2v) is 5.20. The van der Waals surface area contributed by atoms with Crippen LogP contribution in [0.25, 0.3) is 0 Å². The average Bonchev–Trinajstić information content (AvgIpc) is 2.62. The van der Waals surface area contributed by atoms with Crippen LogP contribution in [0.15, 0.2) is 42.6 Å². The van der Waals surface area contributed by atoms with Gasteiger partial charge in [-0.05, 0) is 30.7 Å². The molecule has 0 aliphatic heterocycles. The molecule has 1 amide bonds. The van der Waals surface area contributed by atoms with E-state index in [1.807, 2.05) is 0 Å². The van der Waals surface area contributed by atoms with Crippen LogP contribution in [0.2, 0.25) is 0 Å². The zero-order chi connectivity index (χ0) is 17.4. The highest BCUT2D eigenvalue weighted by atomic mass is 16.5. The Balaban J connectivity index is 2.06. The number of ether oxygens (including phenoxy) is 1. The van der Waals surface area contributed by atoms with Gasteiger partial charge in [0.15, 0.2) is 0 Å². The zero-order valence-corrected chi connectivity index (χ0v) is 13.8. The third-order valence-electron chi connectivity index (χ3n) is 3.44. The lowest BCUT2D eigenvalue weighted by molar-refractivity contribution is 0.0602. The summed E-state index contributed by atoms with van der Waals surface area (Å²) in [5, 5.41) is 5.90. The van der Waals surface area contributed by atoms with Gasteiger partial charge >= 0.3 is 5.97 Å². The van der Waals surface area contributed by atoms with Crippen molar-refractivity contribution in [3.63, 3.8) is 0 Å². The molecule has 1 aromatic carbocycles. The van der Waals surface area contributed by atoms with Crippen molar-refractivity contribution in [2.24, 2.45) is 0 Å². The summed E-state index contributed by atoms with van der Waals surface area (Å²) in [6.45, 7) is 2.97. The molecule has 126 valence electrons. The Kier molecular flexibility index (Phi) is 6.31. The van der Waals surface area contributed by atoms with E-state index in [1.165, 1.54) is 13.3 Å². The number of esters is 1. The van der Waals surface area contributed by atoms with E-state index in [0.717, 1.165) is 25.2 Å². The molecule has 2 N–H and O–H groups in total. The summed E-state index contributed by atoms with van der Waals surface area (Å²) in [6.07, 6.45) is 3.67. The SMILES string of the molecule is CCCCNc1ccc(C(=O)Nc2ccccc2C(=O)OC)cn1. The number of rotatable bonds is 7. The van der Waals surface area contributed by atoms with Crippen molar-refractivity contribution in [1.82, 2.24) is 4.98 Å². The van der Waals surface area contributed by atoms with Crippen LogP contribution in [-0.4, -0.2) is 30.5 Å². The number of unbranched alkanes of at least 4 members (excludes halogenated alkanes) is 1. The molecule has 0 radical (unpaired) electrons. The molecule has 0 aliphatic rings. The molecule has 2 aromatic rings. The second kappa shape index (κ2) is 8.67. The number of carbonyl (C=O) groups excluding carboxylic acids is 2. The predicted octanol–water partition coefficient (Wildman–Crippen LogP) is 3.33. The van der Waals surface area contributed by atoms with E-state index in [1.54, 1.807) is 36.4 Å². The van der Waals surface area contributed by atoms with Gasteiger partial charge in [-0.1, -0.05) is 25.5 Å². The number of para-hydroxylation sites is 1. The minimum Gasteiger partial charge on any atom is -0.465 e. The lowest BCUT2D eigenvalue weighted by Crippen LogP contribution is -2.15. The van der Waals surface area contributed by atoms with E-state index in [0.29, 0.717) is 16.8 Å². The summed E-state index contributed by atoms with van der Waals surface area (Å²) in [7, 11) is 1.30. The van der Waals surface area contributed by atoms with Crippen LogP contribution < -0.4 is 10.6 Å². The van der Waals surface area contributed by atoms with Crippen molar-refractivity contribution in [2.45, 2.75) is 19.8 Å². The van der Waals surface area contributed by atoms with Gasteiger partial charge in [-0.15, -0.1) is 0 Å². The van der Waals surface area contributed by atoms with Crippen molar-refractivity contribution in [3.05, 3.63) is 53.7 Å². The monoisotopic (exact) mass is 327 g/mol. The number of methoxy groups -OCH3 is 1. The van der Waals surface area contributed by atoms with Crippen molar-refractivity contribution in [3.8, 4) is 0 Å². The van der Waals surface area contributed by atoms with Crippen LogP contribution in [0.1, 0.15) is 40.5 Å². The minimum absolute atomic E-state index is 0.305. The molecule has 0 spiro atoms. The predicted molar refractivity (Wildman–Crippen MR) is 93.4 cm³/mol. The van der Waals surface area contributed by atoms with Gasteiger partial charge in [0.1, 0.15) is 5.82 Å². The average molecular weight is 327 g/mol. The molecule has 1 heterocycles. The number of aromatic nitrogens is 1. The maximum atomic E-state index is 12.3. The van der Waals surface area contributed by atoms with Gasteiger partial charge in [0.05, 0.1) is 23.9 Å². The molecular formula is C18H21N3O3. The largest absolute Gasteiger partial charge is 0.465 e. The smallest absolute Gasteiger partial charge is 0.339 e. The first kappa shape index (κ1) is 17.5. The fraction of sp³-hybridized carbons (Fsp3) is 0.278. The first-order valence-electron chi connectivity index (χ1n) is 7.84. The number of hydrogen-bond acceptors (Lipinski definition) is 5. The van der Waals surface area contributed by atoms with Crippen LogP contribution in [0.5, 0.6) is 0 Å². The Morgan fingerprint density at radius 3 is 2.62 bits per heavy atom. The molecule has 0 atom stereocenters. The van der Waals surface area contributed by atoms with Crippen molar-refractivity contribution in [1.29, 1.82) is 0 Å². The van der Waals surface area contributed by atoms with Gasteiger partial charge in [0.25, 0.3) is 5.91 Å². The van der Waals surface area contributed by atoms with Crippen molar-refractivity contribution >= 4 is 23.4 Å². The first-order valence-corrected chi connectivity index (χ1v) is 7.84. The molecule has 6 nitrogen and oxygen atoms in total. The Morgan fingerprint density at radius 1 is 1.17 bits per heavy atom. The number of pyridine rings is 1. The molecular weight excluding hydrogens is 306 g/mol. The third kappa shape index (κ3) is 4.55. The number of amides is 1. The van der Waals surface area contributed by atoms with Crippen LogP contribution in [0.4, 0.5) is 11.5 Å². The molecule has 2 rings (SSSR count). The van der Waals surface area contributed by atoms with Gasteiger partial charge in [0.2, 0.25) is 0 Å². The molecule has 1 aromatic heterocycles. The third-order valence-corrected chi connectivity index (χ3v) is 3.44. The number of anilines is 2. The lowest BCUT2D eigenvalue weighted by Gasteiger charge is -2.10.